The van der Waals surface area contributed by atoms with E-state index in [2.05, 4.69) is 0 Å². The van der Waals surface area contributed by atoms with E-state index in [9.17, 15) is 19.5 Å². The molecule has 1 unspecified atom stereocenters. The van der Waals surface area contributed by atoms with Gasteiger partial charge in [-0.1, -0.05) is 60.7 Å². The van der Waals surface area contributed by atoms with E-state index in [1.54, 1.807) is 73.7 Å². The van der Waals surface area contributed by atoms with Crippen molar-refractivity contribution < 1.29 is 28.6 Å². The van der Waals surface area contributed by atoms with Gasteiger partial charge in [0.2, 0.25) is 5.78 Å². The Kier molecular flexibility index (Phi) is 6.12. The van der Waals surface area contributed by atoms with Gasteiger partial charge in [-0.2, -0.15) is 0 Å². The van der Waals surface area contributed by atoms with Crippen molar-refractivity contribution in [2.75, 3.05) is 11.5 Å². The van der Waals surface area contributed by atoms with Gasteiger partial charge in [-0.05, 0) is 42.3 Å². The number of aliphatic hydroxyl groups excluding tert-OH is 1. The molecule has 1 atom stereocenters. The van der Waals surface area contributed by atoms with Crippen LogP contribution in [0, 0.1) is 0 Å². The van der Waals surface area contributed by atoms with Crippen LogP contribution in [0.1, 0.15) is 34.6 Å². The highest BCUT2D eigenvalue weighted by Gasteiger charge is 2.45. The Morgan fingerprint density at radius 3 is 2.36 bits per heavy atom. The fourth-order valence-corrected chi connectivity index (χ4v) is 4.43. The number of carbonyl (C=O) groups is 3. The summed E-state index contributed by atoms with van der Waals surface area (Å²) in [6.45, 7) is 2.04. The molecule has 0 aliphatic carbocycles. The highest BCUT2D eigenvalue weighted by molar-refractivity contribution is 6.20. The number of carbonyl (C=O) groups excluding carboxylic acids is 3. The van der Waals surface area contributed by atoms with Crippen LogP contribution in [0.5, 0.6) is 0 Å². The third kappa shape index (κ3) is 4.15. The summed E-state index contributed by atoms with van der Waals surface area (Å²) in [7, 11) is 0. The minimum Gasteiger partial charge on any atom is -0.503 e. The van der Waals surface area contributed by atoms with Gasteiger partial charge < -0.3 is 14.3 Å². The molecular formula is C29H23NO6. The number of furan rings is 1. The molecular weight excluding hydrogens is 458 g/mol. The molecule has 3 aromatic carbocycles. The maximum Gasteiger partial charge on any atom is 0.310 e. The molecule has 1 aliphatic heterocycles. The normalized spacial score (nSPS) is 15.5. The number of aliphatic hydroxyl groups is 1. The number of esters is 1. The first-order valence-electron chi connectivity index (χ1n) is 11.6. The summed E-state index contributed by atoms with van der Waals surface area (Å²) in [5.41, 5.74) is 2.33. The standard InChI is InChI=1S/C29H23NO6/c1-2-35-24(31)16-18-12-14-21(15-13-18)30-26(19-8-4-3-5-9-19)25(28(33)29(30)34)27(32)23-17-20-10-6-7-11-22(20)36-23/h3-15,17,26,33H,2,16H2,1H3. The quantitative estimate of drug-likeness (QED) is 0.283. The number of Topliss-reactive ketones (excluding diaryl/α,β-unsaturated/α-hetero) is 1. The molecule has 1 amide bonds. The largest absolute Gasteiger partial charge is 0.503 e. The van der Waals surface area contributed by atoms with E-state index in [1.165, 1.54) is 4.90 Å². The lowest BCUT2D eigenvalue weighted by Gasteiger charge is -2.27. The molecule has 0 radical (unpaired) electrons. The summed E-state index contributed by atoms with van der Waals surface area (Å²) < 4.78 is 10.8. The van der Waals surface area contributed by atoms with Crippen molar-refractivity contribution in [1.29, 1.82) is 0 Å². The Hall–Kier alpha value is -4.65. The predicted octanol–water partition coefficient (Wildman–Crippen LogP) is 5.32. The van der Waals surface area contributed by atoms with Gasteiger partial charge in [-0.3, -0.25) is 19.3 Å². The summed E-state index contributed by atoms with van der Waals surface area (Å²) in [6.07, 6.45) is 0.101. The number of ether oxygens (including phenoxy) is 1. The lowest BCUT2D eigenvalue weighted by molar-refractivity contribution is -0.142. The fourth-order valence-electron chi connectivity index (χ4n) is 4.43. The van der Waals surface area contributed by atoms with Crippen LogP contribution >= 0.6 is 0 Å². The average Bonchev–Trinajstić information content (AvgIpc) is 3.44. The maximum atomic E-state index is 13.6. The van der Waals surface area contributed by atoms with Crippen LogP contribution in [-0.2, 0) is 20.7 Å². The molecule has 180 valence electrons. The van der Waals surface area contributed by atoms with Crippen LogP contribution in [0.15, 0.2) is 101 Å². The number of anilines is 1. The Balaban J connectivity index is 1.54. The molecule has 36 heavy (non-hydrogen) atoms. The number of amides is 1. The maximum absolute atomic E-state index is 13.6. The first-order valence-corrected chi connectivity index (χ1v) is 11.6. The minimum absolute atomic E-state index is 0.0399. The summed E-state index contributed by atoms with van der Waals surface area (Å²) in [5, 5.41) is 11.7. The van der Waals surface area contributed by atoms with Gasteiger partial charge in [0.1, 0.15) is 5.58 Å². The van der Waals surface area contributed by atoms with Crippen LogP contribution in [0.25, 0.3) is 11.0 Å². The lowest BCUT2D eigenvalue weighted by Crippen LogP contribution is -2.31. The van der Waals surface area contributed by atoms with E-state index in [1.807, 2.05) is 18.2 Å². The van der Waals surface area contributed by atoms with E-state index < -0.39 is 23.5 Å². The molecule has 2 heterocycles. The Labute approximate surface area is 207 Å². The first kappa shape index (κ1) is 23.1. The minimum atomic E-state index is -0.865. The van der Waals surface area contributed by atoms with Crippen LogP contribution in [0.2, 0.25) is 0 Å². The topological polar surface area (TPSA) is 97.0 Å². The second-order valence-corrected chi connectivity index (χ2v) is 8.38. The summed E-state index contributed by atoms with van der Waals surface area (Å²) in [6, 6.07) is 23.8. The molecule has 0 saturated carbocycles. The van der Waals surface area contributed by atoms with Gasteiger partial charge in [-0.15, -0.1) is 0 Å². The van der Waals surface area contributed by atoms with Crippen molar-refractivity contribution in [2.24, 2.45) is 0 Å². The molecule has 0 fully saturated rings. The SMILES string of the molecule is CCOC(=O)Cc1ccc(N2C(=O)C(O)=C(C(=O)c3cc4ccccc4o3)C2c2ccccc2)cc1. The Morgan fingerprint density at radius 2 is 1.67 bits per heavy atom. The van der Waals surface area contributed by atoms with Crippen LogP contribution < -0.4 is 4.90 Å². The smallest absolute Gasteiger partial charge is 0.310 e. The molecule has 1 aliphatic rings. The van der Waals surface area contributed by atoms with E-state index >= 15 is 0 Å². The number of ketones is 1. The van der Waals surface area contributed by atoms with E-state index in [4.69, 9.17) is 9.15 Å². The first-order chi connectivity index (χ1) is 17.5. The monoisotopic (exact) mass is 481 g/mol. The zero-order valence-corrected chi connectivity index (χ0v) is 19.5. The Bertz CT molecular complexity index is 1450. The van der Waals surface area contributed by atoms with Crippen LogP contribution in [-0.4, -0.2) is 29.4 Å². The molecule has 7 nitrogen and oxygen atoms in total. The predicted molar refractivity (Wildman–Crippen MR) is 134 cm³/mol. The number of fused-ring (bicyclic) bond motifs is 1. The van der Waals surface area contributed by atoms with Crippen molar-refractivity contribution in [3.8, 4) is 0 Å². The van der Waals surface area contributed by atoms with Gasteiger partial charge >= 0.3 is 5.97 Å². The summed E-state index contributed by atoms with van der Waals surface area (Å²) in [4.78, 5) is 40.2. The van der Waals surface area contributed by atoms with Crippen LogP contribution in [0.3, 0.4) is 0 Å². The van der Waals surface area contributed by atoms with Crippen molar-refractivity contribution in [1.82, 2.24) is 0 Å². The number of para-hydroxylation sites is 1. The van der Waals surface area contributed by atoms with Crippen molar-refractivity contribution in [2.45, 2.75) is 19.4 Å². The Morgan fingerprint density at radius 1 is 0.972 bits per heavy atom. The van der Waals surface area contributed by atoms with Crippen molar-refractivity contribution in [3.05, 3.63) is 113 Å². The van der Waals surface area contributed by atoms with Crippen molar-refractivity contribution >= 4 is 34.3 Å². The third-order valence-corrected chi connectivity index (χ3v) is 6.09. The molecule has 0 bridgehead atoms. The number of hydrogen-bond acceptors (Lipinski definition) is 6. The second kappa shape index (κ2) is 9.54. The fraction of sp³-hybridized carbons (Fsp3) is 0.138. The molecule has 7 heteroatoms. The average molecular weight is 482 g/mol. The molecule has 1 aromatic heterocycles. The molecule has 1 N–H and O–H groups in total. The number of benzene rings is 3. The third-order valence-electron chi connectivity index (χ3n) is 6.09. The molecule has 0 saturated heterocycles. The second-order valence-electron chi connectivity index (χ2n) is 8.38. The number of nitrogens with zero attached hydrogens (tertiary/aromatic N) is 1. The van der Waals surface area contributed by atoms with E-state index in [0.29, 0.717) is 23.4 Å². The highest BCUT2D eigenvalue weighted by atomic mass is 16.5. The zero-order chi connectivity index (χ0) is 25.2. The van der Waals surface area contributed by atoms with Gasteiger partial charge in [0.05, 0.1) is 24.6 Å². The van der Waals surface area contributed by atoms with Gasteiger partial charge in [0, 0.05) is 11.1 Å². The lowest BCUT2D eigenvalue weighted by atomic mass is 9.94. The molecule has 4 aromatic rings. The zero-order valence-electron chi connectivity index (χ0n) is 19.5. The molecule has 0 spiro atoms. The summed E-state index contributed by atoms with van der Waals surface area (Å²) >= 11 is 0. The highest BCUT2D eigenvalue weighted by Crippen LogP contribution is 2.42. The van der Waals surface area contributed by atoms with Gasteiger partial charge in [0.15, 0.2) is 11.5 Å². The van der Waals surface area contributed by atoms with Gasteiger partial charge in [-0.25, -0.2) is 0 Å². The van der Waals surface area contributed by atoms with Crippen molar-refractivity contribution in [3.63, 3.8) is 0 Å². The number of hydrogen-bond donors (Lipinski definition) is 1. The van der Waals surface area contributed by atoms with Gasteiger partial charge in [0.25, 0.3) is 5.91 Å². The molecule has 5 rings (SSSR count). The van der Waals surface area contributed by atoms with E-state index in [-0.39, 0.29) is 23.7 Å². The van der Waals surface area contributed by atoms with Crippen LogP contribution in [0.4, 0.5) is 5.69 Å². The summed E-state index contributed by atoms with van der Waals surface area (Å²) in [5.74, 6) is -2.18. The van der Waals surface area contributed by atoms with E-state index in [0.717, 1.165) is 10.9 Å². The number of rotatable bonds is 7.